The lowest BCUT2D eigenvalue weighted by Crippen LogP contribution is -2.26. The molecule has 0 unspecified atom stereocenters. The number of amides is 1. The van der Waals surface area contributed by atoms with Crippen molar-refractivity contribution in [1.29, 1.82) is 0 Å². The molecule has 2 aromatic rings. The van der Waals surface area contributed by atoms with E-state index in [0.29, 0.717) is 19.5 Å². The van der Waals surface area contributed by atoms with Gasteiger partial charge in [-0.25, -0.2) is 9.37 Å². The van der Waals surface area contributed by atoms with Crippen molar-refractivity contribution < 1.29 is 9.18 Å². The third kappa shape index (κ3) is 4.52. The summed E-state index contributed by atoms with van der Waals surface area (Å²) in [6.45, 7) is 3.11. The predicted octanol–water partition coefficient (Wildman–Crippen LogP) is 2.16. The molecule has 21 heavy (non-hydrogen) atoms. The summed E-state index contributed by atoms with van der Waals surface area (Å²) < 4.78 is 13.3. The monoisotopic (exact) mass is 288 g/mol. The zero-order valence-corrected chi connectivity index (χ0v) is 11.8. The van der Waals surface area contributed by atoms with Crippen LogP contribution < -0.4 is 10.6 Å². The molecule has 0 radical (unpaired) electrons. The number of hydrogen-bond acceptors (Lipinski definition) is 4. The molecular formula is C15H17FN4O. The first-order chi connectivity index (χ1) is 10.2. The maximum atomic E-state index is 13.3. The van der Waals surface area contributed by atoms with E-state index in [0.717, 1.165) is 17.6 Å². The Kier molecular flexibility index (Phi) is 5.20. The minimum Gasteiger partial charge on any atom is -0.370 e. The van der Waals surface area contributed by atoms with Gasteiger partial charge in [-0.05, 0) is 31.0 Å². The molecule has 0 saturated heterocycles. The van der Waals surface area contributed by atoms with Crippen molar-refractivity contribution in [1.82, 2.24) is 15.3 Å². The zero-order valence-electron chi connectivity index (χ0n) is 11.8. The molecule has 0 saturated carbocycles. The molecule has 0 atom stereocenters. The first-order valence-electron chi connectivity index (χ1n) is 6.71. The lowest BCUT2D eigenvalue weighted by molar-refractivity contribution is 0.0949. The molecule has 110 valence electrons. The Hall–Kier alpha value is -2.50. The second-order valence-electron chi connectivity index (χ2n) is 4.61. The molecular weight excluding hydrogens is 271 g/mol. The highest BCUT2D eigenvalue weighted by Crippen LogP contribution is 2.04. The molecule has 2 N–H and O–H groups in total. The highest BCUT2D eigenvalue weighted by Gasteiger charge is 2.09. The number of aryl methyl sites for hydroxylation is 1. The van der Waals surface area contributed by atoms with Gasteiger partial charge in [0.25, 0.3) is 5.91 Å². The van der Waals surface area contributed by atoms with Gasteiger partial charge in [0.2, 0.25) is 0 Å². The van der Waals surface area contributed by atoms with Crippen molar-refractivity contribution in [3.05, 3.63) is 53.7 Å². The summed E-state index contributed by atoms with van der Waals surface area (Å²) in [4.78, 5) is 19.5. The van der Waals surface area contributed by atoms with Gasteiger partial charge in [0.1, 0.15) is 5.82 Å². The molecule has 2 heterocycles. The van der Waals surface area contributed by atoms with Crippen LogP contribution in [0.5, 0.6) is 0 Å². The number of rotatable bonds is 6. The molecule has 2 aromatic heterocycles. The number of carbonyl (C=O) groups is 1. The minimum absolute atomic E-state index is 0.0122. The number of anilines is 1. The molecule has 0 bridgehead atoms. The van der Waals surface area contributed by atoms with Gasteiger partial charge < -0.3 is 10.6 Å². The summed E-state index contributed by atoms with van der Waals surface area (Å²) >= 11 is 0. The lowest BCUT2D eigenvalue weighted by atomic mass is 10.2. The molecule has 0 spiro atoms. The number of aromatic nitrogens is 2. The zero-order chi connectivity index (χ0) is 15.1. The summed E-state index contributed by atoms with van der Waals surface area (Å²) in [6, 6.07) is 5.24. The van der Waals surface area contributed by atoms with Crippen LogP contribution in [-0.2, 0) is 0 Å². The first kappa shape index (κ1) is 14.9. The third-order valence-electron chi connectivity index (χ3n) is 2.87. The average Bonchev–Trinajstić information content (AvgIpc) is 2.49. The second-order valence-corrected chi connectivity index (χ2v) is 4.61. The van der Waals surface area contributed by atoms with E-state index in [1.807, 2.05) is 19.1 Å². The Bertz CT molecular complexity index is 601. The van der Waals surface area contributed by atoms with Crippen LogP contribution in [0.25, 0.3) is 0 Å². The van der Waals surface area contributed by atoms with Crippen molar-refractivity contribution in [2.75, 3.05) is 18.4 Å². The maximum absolute atomic E-state index is 13.3. The normalized spacial score (nSPS) is 10.2. The van der Waals surface area contributed by atoms with Crippen LogP contribution in [0.4, 0.5) is 10.2 Å². The van der Waals surface area contributed by atoms with E-state index in [-0.39, 0.29) is 5.56 Å². The molecule has 0 aromatic carbocycles. The smallest absolute Gasteiger partial charge is 0.254 e. The van der Waals surface area contributed by atoms with Gasteiger partial charge >= 0.3 is 0 Å². The molecule has 6 heteroatoms. The Morgan fingerprint density at radius 3 is 2.81 bits per heavy atom. The van der Waals surface area contributed by atoms with Gasteiger partial charge in [-0.2, -0.15) is 0 Å². The van der Waals surface area contributed by atoms with Gasteiger partial charge in [0.05, 0.1) is 11.8 Å². The minimum atomic E-state index is -0.614. The number of carbonyl (C=O) groups excluding carboxylic acids is 1. The quantitative estimate of drug-likeness (QED) is 0.799. The van der Waals surface area contributed by atoms with Crippen LogP contribution in [0.1, 0.15) is 22.3 Å². The van der Waals surface area contributed by atoms with E-state index in [4.69, 9.17) is 0 Å². The van der Waals surface area contributed by atoms with Gasteiger partial charge in [-0.15, -0.1) is 0 Å². The van der Waals surface area contributed by atoms with E-state index in [1.54, 1.807) is 6.20 Å². The Labute approximate surface area is 122 Å². The number of nitrogens with one attached hydrogen (secondary N) is 2. The fourth-order valence-electron chi connectivity index (χ4n) is 1.73. The fraction of sp³-hybridized carbons (Fsp3) is 0.267. The van der Waals surface area contributed by atoms with E-state index < -0.39 is 11.7 Å². The van der Waals surface area contributed by atoms with Gasteiger partial charge in [0.15, 0.2) is 5.82 Å². The van der Waals surface area contributed by atoms with Gasteiger partial charge in [-0.3, -0.25) is 9.78 Å². The fourth-order valence-corrected chi connectivity index (χ4v) is 1.73. The van der Waals surface area contributed by atoms with E-state index in [1.165, 1.54) is 12.3 Å². The Balaban J connectivity index is 1.69. The lowest BCUT2D eigenvalue weighted by Gasteiger charge is -2.07. The van der Waals surface area contributed by atoms with Crippen molar-refractivity contribution >= 4 is 11.7 Å². The molecule has 2 rings (SSSR count). The Morgan fingerprint density at radius 2 is 2.10 bits per heavy atom. The number of nitrogens with zero attached hydrogens (tertiary/aromatic N) is 2. The number of pyridine rings is 2. The van der Waals surface area contributed by atoms with Gasteiger partial charge in [0, 0.05) is 25.5 Å². The summed E-state index contributed by atoms with van der Waals surface area (Å²) in [5, 5.41) is 5.82. The van der Waals surface area contributed by atoms with Crippen molar-refractivity contribution in [3.63, 3.8) is 0 Å². The maximum Gasteiger partial charge on any atom is 0.254 e. The van der Waals surface area contributed by atoms with Gasteiger partial charge in [-0.1, -0.05) is 6.07 Å². The predicted molar refractivity (Wildman–Crippen MR) is 78.6 cm³/mol. The van der Waals surface area contributed by atoms with Crippen LogP contribution in [0.3, 0.4) is 0 Å². The SMILES string of the molecule is Cc1ccc(NCCCNC(=O)c2ccncc2F)nc1. The third-order valence-corrected chi connectivity index (χ3v) is 2.87. The summed E-state index contributed by atoms with van der Waals surface area (Å²) in [7, 11) is 0. The van der Waals surface area contributed by atoms with Crippen LogP contribution in [-0.4, -0.2) is 29.0 Å². The molecule has 0 aliphatic heterocycles. The average molecular weight is 288 g/mol. The number of hydrogen-bond donors (Lipinski definition) is 2. The second kappa shape index (κ2) is 7.33. The van der Waals surface area contributed by atoms with E-state index in [9.17, 15) is 9.18 Å². The first-order valence-corrected chi connectivity index (χ1v) is 6.71. The largest absolute Gasteiger partial charge is 0.370 e. The Morgan fingerprint density at radius 1 is 1.24 bits per heavy atom. The summed E-state index contributed by atoms with van der Waals surface area (Å²) in [6.07, 6.45) is 4.92. The summed E-state index contributed by atoms with van der Waals surface area (Å²) in [5.74, 6) is -0.243. The molecule has 1 amide bonds. The summed E-state index contributed by atoms with van der Waals surface area (Å²) in [5.41, 5.74) is 1.12. The van der Waals surface area contributed by atoms with E-state index in [2.05, 4.69) is 20.6 Å². The van der Waals surface area contributed by atoms with Crippen molar-refractivity contribution in [2.24, 2.45) is 0 Å². The van der Waals surface area contributed by atoms with Crippen LogP contribution >= 0.6 is 0 Å². The highest BCUT2D eigenvalue weighted by molar-refractivity contribution is 5.94. The molecule has 0 aliphatic carbocycles. The van der Waals surface area contributed by atoms with Crippen LogP contribution in [0.15, 0.2) is 36.8 Å². The molecule has 0 fully saturated rings. The highest BCUT2D eigenvalue weighted by atomic mass is 19.1. The number of halogens is 1. The van der Waals surface area contributed by atoms with Crippen LogP contribution in [0.2, 0.25) is 0 Å². The topological polar surface area (TPSA) is 66.9 Å². The standard InChI is InChI=1S/C15H17FN4O/c1-11-3-4-14(20-9-11)18-6-2-7-19-15(21)12-5-8-17-10-13(12)16/h3-5,8-10H,2,6-7H2,1H3,(H,18,20)(H,19,21). The van der Waals surface area contributed by atoms with Crippen molar-refractivity contribution in [3.8, 4) is 0 Å². The van der Waals surface area contributed by atoms with Crippen molar-refractivity contribution in [2.45, 2.75) is 13.3 Å². The van der Waals surface area contributed by atoms with E-state index >= 15 is 0 Å². The molecule has 5 nitrogen and oxygen atoms in total. The van der Waals surface area contributed by atoms with Crippen LogP contribution in [0, 0.1) is 12.7 Å². The molecule has 0 aliphatic rings.